The Kier molecular flexibility index (Phi) is 10.2. The van der Waals surface area contributed by atoms with Crippen molar-refractivity contribution in [2.45, 2.75) is 57.1 Å². The normalized spacial score (nSPS) is 12.3. The zero-order chi connectivity index (χ0) is 31.9. The molecule has 0 aromatic heterocycles. The zero-order valence-corrected chi connectivity index (χ0v) is 26.2. The van der Waals surface area contributed by atoms with Crippen molar-refractivity contribution >= 4 is 27.5 Å². The van der Waals surface area contributed by atoms with Crippen molar-refractivity contribution in [3.63, 3.8) is 0 Å². The van der Waals surface area contributed by atoms with Crippen molar-refractivity contribution in [2.75, 3.05) is 10.8 Å². The minimum Gasteiger partial charge on any atom is -0.350 e. The molecule has 4 rings (SSSR count). The summed E-state index contributed by atoms with van der Waals surface area (Å²) in [5.74, 6) is -1.40. The molecule has 0 saturated heterocycles. The van der Waals surface area contributed by atoms with Gasteiger partial charge in [0.15, 0.2) is 0 Å². The van der Waals surface area contributed by atoms with Crippen LogP contribution in [0.4, 0.5) is 10.1 Å². The third-order valence-corrected chi connectivity index (χ3v) is 8.76. The molecule has 44 heavy (non-hydrogen) atoms. The average Bonchev–Trinajstić information content (AvgIpc) is 2.99. The van der Waals surface area contributed by atoms with Gasteiger partial charge in [-0.25, -0.2) is 12.8 Å². The third-order valence-electron chi connectivity index (χ3n) is 6.97. The highest BCUT2D eigenvalue weighted by Gasteiger charge is 2.35. The smallest absolute Gasteiger partial charge is 0.264 e. The Hall–Kier alpha value is -4.50. The quantitative estimate of drug-likeness (QED) is 0.228. The van der Waals surface area contributed by atoms with E-state index in [0.717, 1.165) is 15.4 Å². The minimum atomic E-state index is -4.17. The number of anilines is 1. The van der Waals surface area contributed by atoms with Crippen molar-refractivity contribution in [2.24, 2.45) is 0 Å². The van der Waals surface area contributed by atoms with Crippen molar-refractivity contribution in [1.29, 1.82) is 0 Å². The fraction of sp³-hybridized carbons (Fsp3) is 0.257. The van der Waals surface area contributed by atoms with Crippen molar-refractivity contribution in [1.82, 2.24) is 10.2 Å². The Morgan fingerprint density at radius 3 is 1.93 bits per heavy atom. The number of benzene rings is 4. The van der Waals surface area contributed by atoms with E-state index in [-0.39, 0.29) is 23.8 Å². The summed E-state index contributed by atoms with van der Waals surface area (Å²) in [7, 11) is -4.17. The predicted molar refractivity (Wildman–Crippen MR) is 171 cm³/mol. The third kappa shape index (κ3) is 8.54. The van der Waals surface area contributed by atoms with Crippen LogP contribution in [0.1, 0.15) is 37.5 Å². The molecule has 0 aliphatic heterocycles. The Bertz CT molecular complexity index is 1660. The van der Waals surface area contributed by atoms with Crippen LogP contribution >= 0.6 is 0 Å². The molecule has 0 fully saturated rings. The number of nitrogens with one attached hydrogen (secondary N) is 1. The first-order valence-corrected chi connectivity index (χ1v) is 15.8. The second kappa shape index (κ2) is 13.9. The van der Waals surface area contributed by atoms with E-state index in [1.807, 2.05) is 58.0 Å². The number of hydrogen-bond acceptors (Lipinski definition) is 4. The highest BCUT2D eigenvalue weighted by Crippen LogP contribution is 2.25. The van der Waals surface area contributed by atoms with Crippen molar-refractivity contribution in [3.05, 3.63) is 132 Å². The molecule has 4 aromatic rings. The van der Waals surface area contributed by atoms with Crippen molar-refractivity contribution in [3.8, 4) is 0 Å². The number of nitrogens with zero attached hydrogens (tertiary/aromatic N) is 2. The van der Waals surface area contributed by atoms with Gasteiger partial charge in [0.2, 0.25) is 11.8 Å². The van der Waals surface area contributed by atoms with Crippen LogP contribution in [0.2, 0.25) is 0 Å². The van der Waals surface area contributed by atoms with Crippen LogP contribution in [-0.2, 0) is 32.6 Å². The van der Waals surface area contributed by atoms with Crippen LogP contribution < -0.4 is 9.62 Å². The van der Waals surface area contributed by atoms with Crippen LogP contribution in [0.15, 0.2) is 114 Å². The van der Waals surface area contributed by atoms with Gasteiger partial charge in [-0.15, -0.1) is 0 Å². The number of halogens is 1. The van der Waals surface area contributed by atoms with Gasteiger partial charge in [-0.2, -0.15) is 0 Å². The Balaban J connectivity index is 1.80. The van der Waals surface area contributed by atoms with E-state index in [0.29, 0.717) is 11.3 Å². The molecule has 7 nitrogen and oxygen atoms in total. The summed E-state index contributed by atoms with van der Waals surface area (Å²) in [4.78, 5) is 29.7. The van der Waals surface area contributed by atoms with E-state index < -0.39 is 39.9 Å². The van der Waals surface area contributed by atoms with E-state index >= 15 is 0 Å². The number of amides is 2. The van der Waals surface area contributed by atoms with Crippen LogP contribution in [-0.4, -0.2) is 43.3 Å². The van der Waals surface area contributed by atoms with Gasteiger partial charge in [0.25, 0.3) is 10.0 Å². The topological polar surface area (TPSA) is 86.8 Å². The number of sulfonamides is 1. The molecule has 2 amide bonds. The summed E-state index contributed by atoms with van der Waals surface area (Å²) in [6.07, 6.45) is 0.186. The molecule has 0 heterocycles. The molecule has 9 heteroatoms. The summed E-state index contributed by atoms with van der Waals surface area (Å²) in [5, 5.41) is 2.99. The Morgan fingerprint density at radius 1 is 0.795 bits per heavy atom. The largest absolute Gasteiger partial charge is 0.350 e. The molecule has 0 saturated carbocycles. The van der Waals surface area contributed by atoms with E-state index in [9.17, 15) is 22.4 Å². The molecule has 0 bridgehead atoms. The van der Waals surface area contributed by atoms with Crippen LogP contribution in [0.5, 0.6) is 0 Å². The molecule has 0 spiro atoms. The van der Waals surface area contributed by atoms with Gasteiger partial charge in [0, 0.05) is 18.5 Å². The maximum atomic E-state index is 14.4. The second-order valence-electron chi connectivity index (χ2n) is 11.8. The molecular formula is C35H38FN3O4S. The Labute approximate surface area is 259 Å². The summed E-state index contributed by atoms with van der Waals surface area (Å²) in [5.41, 5.74) is 2.06. The van der Waals surface area contributed by atoms with E-state index in [4.69, 9.17) is 0 Å². The van der Waals surface area contributed by atoms with Gasteiger partial charge in [0.05, 0.1) is 10.6 Å². The molecule has 1 atom stereocenters. The average molecular weight is 616 g/mol. The lowest BCUT2D eigenvalue weighted by atomic mass is 10.0. The second-order valence-corrected chi connectivity index (χ2v) is 13.6. The predicted octanol–water partition coefficient (Wildman–Crippen LogP) is 5.88. The molecular weight excluding hydrogens is 577 g/mol. The van der Waals surface area contributed by atoms with Gasteiger partial charge in [-0.3, -0.25) is 13.9 Å². The maximum absolute atomic E-state index is 14.4. The lowest BCUT2D eigenvalue weighted by Crippen LogP contribution is -2.56. The van der Waals surface area contributed by atoms with Crippen molar-refractivity contribution < 1.29 is 22.4 Å². The molecule has 1 N–H and O–H groups in total. The van der Waals surface area contributed by atoms with Gasteiger partial charge in [0.1, 0.15) is 18.4 Å². The van der Waals surface area contributed by atoms with Gasteiger partial charge in [-0.1, -0.05) is 78.4 Å². The standard InChI is InChI=1S/C35H38FN3O4S/c1-26-15-21-30(22-16-26)39(44(42,43)31-13-9-6-10-14-31)25-33(40)38(24-28-17-19-29(36)20-18-28)32(34(41)37-35(2,3)4)23-27-11-7-5-8-12-27/h5-22,32H,23-25H2,1-4H3,(H,37,41). The molecule has 4 aromatic carbocycles. The maximum Gasteiger partial charge on any atom is 0.264 e. The molecule has 0 aliphatic carbocycles. The van der Waals surface area contributed by atoms with Crippen LogP contribution in [0, 0.1) is 12.7 Å². The summed E-state index contributed by atoms with van der Waals surface area (Å²) < 4.78 is 42.9. The summed E-state index contributed by atoms with van der Waals surface area (Å²) >= 11 is 0. The number of hydrogen-bond donors (Lipinski definition) is 1. The number of carbonyl (C=O) groups excluding carboxylic acids is 2. The number of aryl methyl sites for hydroxylation is 1. The minimum absolute atomic E-state index is 0.0322. The summed E-state index contributed by atoms with van der Waals surface area (Å²) in [6.45, 7) is 6.83. The van der Waals surface area contributed by atoms with Crippen LogP contribution in [0.25, 0.3) is 0 Å². The lowest BCUT2D eigenvalue weighted by Gasteiger charge is -2.35. The summed E-state index contributed by atoms with van der Waals surface area (Å²) in [6, 6.07) is 28.8. The van der Waals surface area contributed by atoms with E-state index in [1.54, 1.807) is 54.6 Å². The monoisotopic (exact) mass is 615 g/mol. The fourth-order valence-electron chi connectivity index (χ4n) is 4.75. The first kappa shape index (κ1) is 32.4. The fourth-order valence-corrected chi connectivity index (χ4v) is 6.19. The van der Waals surface area contributed by atoms with Gasteiger partial charge in [-0.05, 0) is 75.2 Å². The van der Waals surface area contributed by atoms with E-state index in [1.165, 1.54) is 29.2 Å². The highest BCUT2D eigenvalue weighted by atomic mass is 32.2. The molecule has 230 valence electrons. The zero-order valence-electron chi connectivity index (χ0n) is 25.4. The first-order chi connectivity index (χ1) is 20.8. The molecule has 1 unspecified atom stereocenters. The van der Waals surface area contributed by atoms with Gasteiger partial charge >= 0.3 is 0 Å². The Morgan fingerprint density at radius 2 is 1.36 bits per heavy atom. The first-order valence-electron chi connectivity index (χ1n) is 14.4. The SMILES string of the molecule is Cc1ccc(N(CC(=O)N(Cc2ccc(F)cc2)C(Cc2ccccc2)C(=O)NC(C)(C)C)S(=O)(=O)c2ccccc2)cc1. The van der Waals surface area contributed by atoms with Gasteiger partial charge < -0.3 is 10.2 Å². The van der Waals surface area contributed by atoms with Crippen LogP contribution in [0.3, 0.4) is 0 Å². The molecule has 0 aliphatic rings. The number of rotatable bonds is 11. The highest BCUT2D eigenvalue weighted by molar-refractivity contribution is 7.92. The van der Waals surface area contributed by atoms with E-state index in [2.05, 4.69) is 5.32 Å². The lowest BCUT2D eigenvalue weighted by molar-refractivity contribution is -0.140. The number of carbonyl (C=O) groups is 2. The molecule has 0 radical (unpaired) electrons.